The average Bonchev–Trinajstić information content (AvgIpc) is 3.21. The van der Waals surface area contributed by atoms with Gasteiger partial charge in [-0.1, -0.05) is 6.07 Å². The van der Waals surface area contributed by atoms with Gasteiger partial charge in [-0.25, -0.2) is 9.97 Å². The molecule has 5 rings (SSSR count). The van der Waals surface area contributed by atoms with Gasteiger partial charge in [-0.3, -0.25) is 4.79 Å². The highest BCUT2D eigenvalue weighted by Gasteiger charge is 2.45. The summed E-state index contributed by atoms with van der Waals surface area (Å²) < 4.78 is 13.5. The first-order valence-corrected chi connectivity index (χ1v) is 9.89. The number of carbonyl (C=O) groups is 1. The number of benzene rings is 1. The van der Waals surface area contributed by atoms with Crippen LogP contribution in [0.4, 0.5) is 0 Å². The molecule has 0 bridgehead atoms. The third-order valence-electron chi connectivity index (χ3n) is 5.80. The summed E-state index contributed by atoms with van der Waals surface area (Å²) in [6.07, 6.45) is 0.798. The van der Waals surface area contributed by atoms with Gasteiger partial charge in [-0.05, 0) is 25.1 Å². The van der Waals surface area contributed by atoms with Gasteiger partial charge in [0.25, 0.3) is 5.91 Å². The molecule has 1 saturated carbocycles. The van der Waals surface area contributed by atoms with Gasteiger partial charge in [0.05, 0.1) is 18.3 Å². The van der Waals surface area contributed by atoms with E-state index in [1.54, 1.807) is 18.2 Å². The van der Waals surface area contributed by atoms with E-state index in [-0.39, 0.29) is 5.91 Å². The van der Waals surface area contributed by atoms with Gasteiger partial charge >= 0.3 is 0 Å². The van der Waals surface area contributed by atoms with E-state index in [4.69, 9.17) is 9.47 Å². The molecule has 156 valence electrons. The maximum absolute atomic E-state index is 12.5. The second-order valence-corrected chi connectivity index (χ2v) is 7.59. The van der Waals surface area contributed by atoms with Crippen molar-refractivity contribution in [2.45, 2.75) is 37.7 Å². The molecule has 1 aromatic carbocycles. The van der Waals surface area contributed by atoms with Crippen LogP contribution in [0.2, 0.25) is 0 Å². The van der Waals surface area contributed by atoms with E-state index < -0.39 is 24.4 Å². The number of aliphatic hydroxyl groups is 2. The van der Waals surface area contributed by atoms with Crippen LogP contribution in [-0.4, -0.2) is 62.1 Å². The molecule has 2 aliphatic rings. The molecule has 0 spiro atoms. The van der Waals surface area contributed by atoms with Crippen LogP contribution in [0, 0.1) is 6.92 Å². The molecular formula is C21H22N4O5. The molecule has 0 saturated heterocycles. The molecule has 0 radical (unpaired) electrons. The molecule has 3 heterocycles. The molecule has 2 aromatic heterocycles. The van der Waals surface area contributed by atoms with E-state index in [9.17, 15) is 15.0 Å². The van der Waals surface area contributed by atoms with E-state index in [1.165, 1.54) is 6.33 Å². The van der Waals surface area contributed by atoms with Gasteiger partial charge in [-0.2, -0.15) is 0 Å². The van der Waals surface area contributed by atoms with E-state index in [0.717, 1.165) is 11.1 Å². The number of fused-ring (bicyclic) bond motifs is 2. The Labute approximate surface area is 172 Å². The van der Waals surface area contributed by atoms with Crippen molar-refractivity contribution < 1.29 is 24.5 Å². The minimum absolute atomic E-state index is 0.286. The molecular weight excluding hydrogens is 388 g/mol. The number of aliphatic hydroxyl groups excluding tert-OH is 2. The van der Waals surface area contributed by atoms with Crippen molar-refractivity contribution in [1.82, 2.24) is 19.9 Å². The van der Waals surface area contributed by atoms with E-state index in [0.29, 0.717) is 42.3 Å². The topological polar surface area (TPSA) is 119 Å². The Bertz CT molecular complexity index is 1110. The van der Waals surface area contributed by atoms with Crippen molar-refractivity contribution in [3.63, 3.8) is 0 Å². The Balaban J connectivity index is 1.45. The predicted molar refractivity (Wildman–Crippen MR) is 107 cm³/mol. The Kier molecular flexibility index (Phi) is 4.56. The van der Waals surface area contributed by atoms with Crippen LogP contribution in [-0.2, 0) is 0 Å². The van der Waals surface area contributed by atoms with Crippen LogP contribution >= 0.6 is 0 Å². The second-order valence-electron chi connectivity index (χ2n) is 7.59. The first-order chi connectivity index (χ1) is 14.5. The molecule has 3 aromatic rings. The Morgan fingerprint density at radius 2 is 2.10 bits per heavy atom. The summed E-state index contributed by atoms with van der Waals surface area (Å²) in [4.78, 5) is 21.0. The number of hydrogen-bond donors (Lipinski definition) is 3. The summed E-state index contributed by atoms with van der Waals surface area (Å²) in [5.74, 6) is 0.473. The summed E-state index contributed by atoms with van der Waals surface area (Å²) in [6, 6.07) is 6.59. The Morgan fingerprint density at radius 1 is 1.23 bits per heavy atom. The van der Waals surface area contributed by atoms with Gasteiger partial charge in [0.1, 0.15) is 54.0 Å². The van der Waals surface area contributed by atoms with Crippen LogP contribution in [0.3, 0.4) is 0 Å². The van der Waals surface area contributed by atoms with Gasteiger partial charge in [-0.15, -0.1) is 0 Å². The van der Waals surface area contributed by atoms with Gasteiger partial charge in [0.15, 0.2) is 0 Å². The lowest BCUT2D eigenvalue weighted by atomic mass is 10.1. The van der Waals surface area contributed by atoms with Crippen molar-refractivity contribution in [2.75, 3.05) is 13.2 Å². The van der Waals surface area contributed by atoms with Crippen molar-refractivity contribution >= 4 is 16.9 Å². The smallest absolute Gasteiger partial charge is 0.258 e. The number of carbonyl (C=O) groups excluding carboxylic acids is 1. The fourth-order valence-electron chi connectivity index (χ4n) is 4.26. The third kappa shape index (κ3) is 2.98. The zero-order valence-electron chi connectivity index (χ0n) is 16.4. The summed E-state index contributed by atoms with van der Waals surface area (Å²) in [5, 5.41) is 25.1. The lowest BCUT2D eigenvalue weighted by Crippen LogP contribution is -2.34. The number of aromatic nitrogens is 3. The molecule has 1 aliphatic heterocycles. The lowest BCUT2D eigenvalue weighted by Gasteiger charge is -2.20. The number of amides is 1. The Morgan fingerprint density at radius 3 is 2.97 bits per heavy atom. The molecule has 4 atom stereocenters. The fraction of sp³-hybridized carbons (Fsp3) is 0.381. The van der Waals surface area contributed by atoms with Crippen LogP contribution in [0.5, 0.6) is 11.5 Å². The summed E-state index contributed by atoms with van der Waals surface area (Å²) in [6.45, 7) is 2.67. The van der Waals surface area contributed by atoms with Gasteiger partial charge < -0.3 is 29.6 Å². The van der Waals surface area contributed by atoms with E-state index in [2.05, 4.69) is 15.3 Å². The average molecular weight is 410 g/mol. The third-order valence-corrected chi connectivity index (χ3v) is 5.80. The minimum Gasteiger partial charge on any atom is -0.491 e. The molecule has 1 aliphatic carbocycles. The zero-order chi connectivity index (χ0) is 20.8. The quantitative estimate of drug-likeness (QED) is 0.589. The normalized spacial score (nSPS) is 26.0. The van der Waals surface area contributed by atoms with Crippen LogP contribution < -0.4 is 14.8 Å². The molecule has 9 heteroatoms. The highest BCUT2D eigenvalue weighted by molar-refractivity contribution is 6.00. The van der Waals surface area contributed by atoms with Crippen molar-refractivity contribution in [2.24, 2.45) is 0 Å². The molecule has 30 heavy (non-hydrogen) atoms. The first-order valence-electron chi connectivity index (χ1n) is 9.89. The number of nitrogens with zero attached hydrogens (tertiary/aromatic N) is 3. The number of ether oxygens (including phenoxy) is 2. The molecule has 3 N–H and O–H groups in total. The number of rotatable bonds is 3. The molecule has 4 unspecified atom stereocenters. The SMILES string of the molecule is Cc1ncnc2c1ccn2C1CC(Oc2cccc3c2C(=O)NCCO3)C(O)C1O. The van der Waals surface area contributed by atoms with Crippen molar-refractivity contribution in [3.8, 4) is 11.5 Å². The number of hydrogen-bond acceptors (Lipinski definition) is 7. The molecule has 9 nitrogen and oxygen atoms in total. The summed E-state index contributed by atoms with van der Waals surface area (Å²) in [5.41, 5.74) is 1.84. The van der Waals surface area contributed by atoms with Gasteiger partial charge in [0, 0.05) is 18.0 Å². The van der Waals surface area contributed by atoms with E-state index in [1.807, 2.05) is 23.8 Å². The highest BCUT2D eigenvalue weighted by atomic mass is 16.5. The Hall–Kier alpha value is -3.17. The predicted octanol–water partition coefficient (Wildman–Crippen LogP) is 0.976. The second kappa shape index (κ2) is 7.26. The van der Waals surface area contributed by atoms with Crippen LogP contribution in [0.1, 0.15) is 28.5 Å². The van der Waals surface area contributed by atoms with Crippen LogP contribution in [0.15, 0.2) is 36.8 Å². The first kappa shape index (κ1) is 18.8. The largest absolute Gasteiger partial charge is 0.491 e. The van der Waals surface area contributed by atoms with E-state index >= 15 is 0 Å². The molecule has 1 amide bonds. The van der Waals surface area contributed by atoms with Crippen molar-refractivity contribution in [1.29, 1.82) is 0 Å². The summed E-state index contributed by atoms with van der Waals surface area (Å²) in [7, 11) is 0. The zero-order valence-corrected chi connectivity index (χ0v) is 16.4. The minimum atomic E-state index is -1.12. The summed E-state index contributed by atoms with van der Waals surface area (Å²) >= 11 is 0. The van der Waals surface area contributed by atoms with Crippen molar-refractivity contribution in [3.05, 3.63) is 48.0 Å². The maximum Gasteiger partial charge on any atom is 0.258 e. The number of aryl methyl sites for hydroxylation is 1. The number of nitrogens with one attached hydrogen (secondary N) is 1. The lowest BCUT2D eigenvalue weighted by molar-refractivity contribution is -0.0165. The molecule has 1 fully saturated rings. The fourth-order valence-corrected chi connectivity index (χ4v) is 4.26. The monoisotopic (exact) mass is 410 g/mol. The maximum atomic E-state index is 12.5. The highest BCUT2D eigenvalue weighted by Crippen LogP contribution is 2.38. The van der Waals surface area contributed by atoms with Gasteiger partial charge in [0.2, 0.25) is 0 Å². The standard InChI is InChI=1S/C21H22N4O5/c1-11-12-5-7-25(20(12)24-10-23-11)13-9-16(19(27)18(13)26)30-15-4-2-3-14-17(15)21(28)22-6-8-29-14/h2-5,7,10,13,16,18-19,26-27H,6,8-9H2,1H3,(H,22,28). The van der Waals surface area contributed by atoms with Crippen LogP contribution in [0.25, 0.3) is 11.0 Å².